The van der Waals surface area contributed by atoms with Crippen molar-refractivity contribution in [1.82, 2.24) is 19.0 Å². The van der Waals surface area contributed by atoms with Gasteiger partial charge in [-0.1, -0.05) is 61.5 Å². The molecule has 0 aliphatic rings. The van der Waals surface area contributed by atoms with Crippen molar-refractivity contribution < 1.29 is 28.9 Å². The Morgan fingerprint density at radius 2 is 1.18 bits per heavy atom. The summed E-state index contributed by atoms with van der Waals surface area (Å²) in [7, 11) is 3.16. The highest BCUT2D eigenvalue weighted by Crippen LogP contribution is 2.41. The topological polar surface area (TPSA) is 160 Å². The van der Waals surface area contributed by atoms with Crippen molar-refractivity contribution in [1.29, 1.82) is 0 Å². The van der Waals surface area contributed by atoms with Crippen LogP contribution in [0.3, 0.4) is 0 Å². The summed E-state index contributed by atoms with van der Waals surface area (Å²) < 4.78 is 20.5. The molecule has 260 valence electrons. The maximum atomic E-state index is 13.6. The monoisotopic (exact) mass is 674 g/mol. The highest BCUT2D eigenvalue weighted by atomic mass is 16.5. The second-order valence-electron chi connectivity index (χ2n) is 11.3. The number of carboxylic acid groups (broad SMARTS) is 1. The lowest BCUT2D eigenvalue weighted by atomic mass is 9.80. The average molecular weight is 675 g/mol. The van der Waals surface area contributed by atoms with Gasteiger partial charge in [0.15, 0.2) is 0 Å². The van der Waals surface area contributed by atoms with E-state index >= 15 is 0 Å². The van der Waals surface area contributed by atoms with Crippen molar-refractivity contribution in [2.45, 2.75) is 57.8 Å². The molecule has 0 unspecified atom stereocenters. The summed E-state index contributed by atoms with van der Waals surface area (Å²) in [4.78, 5) is 63.3. The zero-order valence-corrected chi connectivity index (χ0v) is 27.9. The number of rotatable bonds is 18. The van der Waals surface area contributed by atoms with E-state index in [4.69, 9.17) is 19.3 Å². The molecule has 0 aliphatic heterocycles. The van der Waals surface area contributed by atoms with E-state index in [0.717, 1.165) is 30.4 Å². The Hall–Kier alpha value is -5.43. The SMILES string of the molecule is CCCn1c(=O)n(CCNC(=O)CCCC(=O)O)c(=O)n(CCOC(c2ccccc2)(c2ccc(OC)cc2)c2ccc(OC)cc2)c1=O. The molecule has 4 rings (SSSR count). The smallest absolute Gasteiger partial charge is 0.336 e. The van der Waals surface area contributed by atoms with E-state index in [2.05, 4.69) is 5.32 Å². The maximum Gasteiger partial charge on any atom is 0.336 e. The molecule has 2 N–H and O–H groups in total. The van der Waals surface area contributed by atoms with Crippen molar-refractivity contribution in [2.75, 3.05) is 27.4 Å². The van der Waals surface area contributed by atoms with Gasteiger partial charge in [-0.3, -0.25) is 9.59 Å². The number of benzene rings is 3. The fraction of sp³-hybridized carbons (Fsp3) is 0.361. The Kier molecular flexibility index (Phi) is 12.7. The number of hydrogen-bond acceptors (Lipinski definition) is 8. The van der Waals surface area contributed by atoms with Crippen LogP contribution >= 0.6 is 0 Å². The number of carbonyl (C=O) groups is 2. The van der Waals surface area contributed by atoms with Crippen molar-refractivity contribution in [3.63, 3.8) is 0 Å². The molecule has 0 fully saturated rings. The number of hydrogen-bond donors (Lipinski definition) is 2. The number of ether oxygens (including phenoxy) is 3. The van der Waals surface area contributed by atoms with E-state index in [9.17, 15) is 24.0 Å². The lowest BCUT2D eigenvalue weighted by Crippen LogP contribution is -2.55. The fourth-order valence-electron chi connectivity index (χ4n) is 5.64. The van der Waals surface area contributed by atoms with Gasteiger partial charge in [-0.15, -0.1) is 0 Å². The second-order valence-corrected chi connectivity index (χ2v) is 11.3. The molecule has 3 aromatic carbocycles. The highest BCUT2D eigenvalue weighted by Gasteiger charge is 2.38. The van der Waals surface area contributed by atoms with Crippen LogP contribution in [0.25, 0.3) is 0 Å². The summed E-state index contributed by atoms with van der Waals surface area (Å²) in [5.74, 6) is -0.0975. The summed E-state index contributed by atoms with van der Waals surface area (Å²) in [6.07, 6.45) is 0.469. The largest absolute Gasteiger partial charge is 0.497 e. The number of aromatic nitrogens is 3. The molecular formula is C36H42N4O9. The minimum atomic E-state index is -1.19. The summed E-state index contributed by atoms with van der Waals surface area (Å²) >= 11 is 0. The second kappa shape index (κ2) is 17.1. The van der Waals surface area contributed by atoms with Gasteiger partial charge in [0.2, 0.25) is 5.91 Å². The zero-order chi connectivity index (χ0) is 35.4. The lowest BCUT2D eigenvalue weighted by molar-refractivity contribution is -0.137. The van der Waals surface area contributed by atoms with Crippen LogP contribution in [0.15, 0.2) is 93.2 Å². The third-order valence-corrected chi connectivity index (χ3v) is 8.09. The van der Waals surface area contributed by atoms with Gasteiger partial charge >= 0.3 is 23.0 Å². The van der Waals surface area contributed by atoms with Crippen LogP contribution < -0.4 is 31.9 Å². The molecule has 0 aliphatic carbocycles. The first-order valence-electron chi connectivity index (χ1n) is 16.1. The normalized spacial score (nSPS) is 11.2. The first-order chi connectivity index (χ1) is 23.7. The predicted octanol–water partition coefficient (Wildman–Crippen LogP) is 2.98. The Labute approximate surface area is 283 Å². The number of carboxylic acids is 1. The van der Waals surface area contributed by atoms with Crippen LogP contribution in [0.1, 0.15) is 49.3 Å². The molecule has 0 radical (unpaired) electrons. The van der Waals surface area contributed by atoms with E-state index in [1.54, 1.807) is 14.2 Å². The summed E-state index contributed by atoms with van der Waals surface area (Å²) in [5.41, 5.74) is -1.21. The van der Waals surface area contributed by atoms with Gasteiger partial charge in [-0.25, -0.2) is 28.1 Å². The fourth-order valence-corrected chi connectivity index (χ4v) is 5.64. The molecule has 0 atom stereocenters. The van der Waals surface area contributed by atoms with E-state index in [-0.39, 0.29) is 52.0 Å². The highest BCUT2D eigenvalue weighted by molar-refractivity contribution is 5.76. The number of aliphatic carboxylic acids is 1. The van der Waals surface area contributed by atoms with E-state index in [1.165, 1.54) is 0 Å². The molecule has 0 saturated heterocycles. The Morgan fingerprint density at radius 1 is 0.694 bits per heavy atom. The predicted molar refractivity (Wildman–Crippen MR) is 182 cm³/mol. The number of amides is 1. The Morgan fingerprint density at radius 3 is 1.67 bits per heavy atom. The minimum Gasteiger partial charge on any atom is -0.497 e. The van der Waals surface area contributed by atoms with Gasteiger partial charge in [0, 0.05) is 32.5 Å². The van der Waals surface area contributed by atoms with Crippen LogP contribution in [0, 0.1) is 0 Å². The van der Waals surface area contributed by atoms with Crippen molar-refractivity contribution in [3.05, 3.63) is 127 Å². The Bertz CT molecular complexity index is 1830. The lowest BCUT2D eigenvalue weighted by Gasteiger charge is -2.36. The standard InChI is InChI=1S/C36H42N4O9/c1-4-22-38-33(44)39(23-21-37-31(41)11-8-12-32(42)43)35(46)40(34(38)45)24-25-49-36(26-9-6-5-7-10-26,27-13-17-29(47-2)18-14-27)28-15-19-30(48-3)20-16-28/h5-7,9-10,13-20H,4,8,11-12,21-25H2,1-3H3,(H,37,41)(H,42,43). The van der Waals surface area contributed by atoms with Crippen molar-refractivity contribution in [2.24, 2.45) is 0 Å². The molecule has 49 heavy (non-hydrogen) atoms. The number of carbonyl (C=O) groups excluding carboxylic acids is 1. The molecule has 0 saturated carbocycles. The molecule has 1 amide bonds. The number of methoxy groups -OCH3 is 2. The van der Waals surface area contributed by atoms with Crippen LogP contribution in [-0.2, 0) is 39.6 Å². The molecular weight excluding hydrogens is 632 g/mol. The molecule has 4 aromatic rings. The molecule has 0 spiro atoms. The minimum absolute atomic E-state index is 0.0103. The van der Waals surface area contributed by atoms with Gasteiger partial charge in [0.05, 0.1) is 27.4 Å². The van der Waals surface area contributed by atoms with Crippen LogP contribution in [-0.4, -0.2) is 58.1 Å². The van der Waals surface area contributed by atoms with Crippen LogP contribution in [0.4, 0.5) is 0 Å². The average Bonchev–Trinajstić information content (AvgIpc) is 3.12. The van der Waals surface area contributed by atoms with Crippen LogP contribution in [0.2, 0.25) is 0 Å². The zero-order valence-electron chi connectivity index (χ0n) is 27.9. The van der Waals surface area contributed by atoms with E-state index in [0.29, 0.717) is 17.9 Å². The quantitative estimate of drug-likeness (QED) is 0.151. The third kappa shape index (κ3) is 8.54. The third-order valence-electron chi connectivity index (χ3n) is 8.09. The molecule has 0 bridgehead atoms. The van der Waals surface area contributed by atoms with Gasteiger partial charge in [-0.2, -0.15) is 0 Å². The Balaban J connectivity index is 1.70. The summed E-state index contributed by atoms with van der Waals surface area (Å²) in [5, 5.41) is 11.4. The molecule has 1 heterocycles. The van der Waals surface area contributed by atoms with Gasteiger partial charge in [-0.05, 0) is 53.8 Å². The van der Waals surface area contributed by atoms with E-state index < -0.39 is 34.5 Å². The van der Waals surface area contributed by atoms with E-state index in [1.807, 2.05) is 85.8 Å². The van der Waals surface area contributed by atoms with Gasteiger partial charge in [0.25, 0.3) is 0 Å². The van der Waals surface area contributed by atoms with Crippen molar-refractivity contribution >= 4 is 11.9 Å². The summed E-state index contributed by atoms with van der Waals surface area (Å²) in [6, 6.07) is 24.5. The first-order valence-corrected chi connectivity index (χ1v) is 16.1. The number of nitrogens with zero attached hydrogens (tertiary/aromatic N) is 3. The van der Waals surface area contributed by atoms with Gasteiger partial charge < -0.3 is 24.6 Å². The first kappa shape index (κ1) is 36.4. The molecule has 13 nitrogen and oxygen atoms in total. The van der Waals surface area contributed by atoms with Crippen molar-refractivity contribution in [3.8, 4) is 11.5 Å². The van der Waals surface area contributed by atoms with Gasteiger partial charge in [0.1, 0.15) is 17.1 Å². The van der Waals surface area contributed by atoms with Crippen LogP contribution in [0.5, 0.6) is 11.5 Å². The summed E-state index contributed by atoms with van der Waals surface area (Å²) in [6.45, 7) is 1.37. The molecule has 13 heteroatoms. The molecule has 1 aromatic heterocycles. The maximum absolute atomic E-state index is 13.6. The number of nitrogens with one attached hydrogen (secondary N) is 1.